The quantitative estimate of drug-likeness (QED) is 0.542. The van der Waals surface area contributed by atoms with Crippen LogP contribution < -0.4 is 10.2 Å². The zero-order valence-corrected chi connectivity index (χ0v) is 15.5. The smallest absolute Gasteiger partial charge is 0.245 e. The first-order valence-electron chi connectivity index (χ1n) is 6.12. The number of hydrazone groups is 1. The minimum absolute atomic E-state index is 0.00624. The number of nitrogens with one attached hydrogen (secondary N) is 1. The molecule has 0 fully saturated rings. The van der Waals surface area contributed by atoms with Gasteiger partial charge in [0.1, 0.15) is 0 Å². The van der Waals surface area contributed by atoms with Crippen molar-refractivity contribution in [3.8, 4) is 11.5 Å². The maximum Gasteiger partial charge on any atom is 0.245 e. The Bertz CT molecular complexity index is 703. The minimum Gasteiger partial charge on any atom is -0.503 e. The largest absolute Gasteiger partial charge is 0.503 e. The number of carbonyl (C=O) groups is 1. The van der Waals surface area contributed by atoms with Crippen LogP contribution in [-0.4, -0.2) is 24.3 Å². The summed E-state index contributed by atoms with van der Waals surface area (Å²) in [5.74, 6) is 0.106. The van der Waals surface area contributed by atoms with Crippen LogP contribution in [0.25, 0.3) is 0 Å². The predicted octanol–water partition coefficient (Wildman–Crippen LogP) is 3.68. The van der Waals surface area contributed by atoms with Crippen LogP contribution in [0.3, 0.4) is 0 Å². The van der Waals surface area contributed by atoms with Gasteiger partial charge in [-0.25, -0.2) is 5.43 Å². The maximum atomic E-state index is 11.7. The van der Waals surface area contributed by atoms with E-state index in [1.807, 2.05) is 17.5 Å². The summed E-state index contributed by atoms with van der Waals surface area (Å²) in [6, 6.07) is 5.40. The molecule has 0 saturated carbocycles. The molecule has 1 aromatic heterocycles. The molecule has 0 atom stereocenters. The van der Waals surface area contributed by atoms with Crippen LogP contribution >= 0.6 is 43.2 Å². The van der Waals surface area contributed by atoms with Crippen molar-refractivity contribution in [3.05, 3.63) is 43.0 Å². The van der Waals surface area contributed by atoms with Crippen molar-refractivity contribution >= 4 is 55.3 Å². The van der Waals surface area contributed by atoms with Gasteiger partial charge in [-0.05, 0) is 49.4 Å². The Labute approximate surface area is 148 Å². The number of phenols is 1. The van der Waals surface area contributed by atoms with Crippen LogP contribution in [0, 0.1) is 0 Å². The SMILES string of the molecule is COc1cc(C=NNC(=O)Cc2cccs2)c(Br)c(Br)c1O. The molecule has 1 aromatic carbocycles. The molecule has 22 heavy (non-hydrogen) atoms. The number of hydrogen-bond donors (Lipinski definition) is 2. The highest BCUT2D eigenvalue weighted by atomic mass is 79.9. The van der Waals surface area contributed by atoms with Crippen LogP contribution in [0.2, 0.25) is 0 Å². The van der Waals surface area contributed by atoms with Crippen molar-refractivity contribution in [2.24, 2.45) is 5.10 Å². The van der Waals surface area contributed by atoms with Crippen molar-refractivity contribution < 1.29 is 14.6 Å². The molecule has 2 aromatic rings. The number of carbonyl (C=O) groups excluding carboxylic acids is 1. The van der Waals surface area contributed by atoms with E-state index < -0.39 is 0 Å². The number of thiophene rings is 1. The molecule has 8 heteroatoms. The number of benzene rings is 1. The van der Waals surface area contributed by atoms with Gasteiger partial charge in [0.15, 0.2) is 11.5 Å². The molecule has 0 saturated heterocycles. The second kappa shape index (κ2) is 7.75. The van der Waals surface area contributed by atoms with E-state index in [2.05, 4.69) is 42.4 Å². The third kappa shape index (κ3) is 4.08. The van der Waals surface area contributed by atoms with E-state index in [0.29, 0.717) is 26.7 Å². The lowest BCUT2D eigenvalue weighted by atomic mass is 10.2. The molecule has 5 nitrogen and oxygen atoms in total. The summed E-state index contributed by atoms with van der Waals surface area (Å²) in [6.45, 7) is 0. The number of rotatable bonds is 5. The predicted molar refractivity (Wildman–Crippen MR) is 93.8 cm³/mol. The summed E-state index contributed by atoms with van der Waals surface area (Å²) >= 11 is 8.12. The molecule has 116 valence electrons. The van der Waals surface area contributed by atoms with Gasteiger partial charge in [-0.3, -0.25) is 4.79 Å². The molecule has 0 bridgehead atoms. The fourth-order valence-corrected chi connectivity index (χ4v) is 3.18. The summed E-state index contributed by atoms with van der Waals surface area (Å²) in [5.41, 5.74) is 3.12. The Balaban J connectivity index is 2.07. The first kappa shape index (κ1) is 17.0. The van der Waals surface area contributed by atoms with Crippen molar-refractivity contribution in [3.63, 3.8) is 0 Å². The molecule has 0 spiro atoms. The highest BCUT2D eigenvalue weighted by Crippen LogP contribution is 2.41. The molecule has 2 N–H and O–H groups in total. The summed E-state index contributed by atoms with van der Waals surface area (Å²) in [5, 5.41) is 15.7. The number of halogens is 2. The van der Waals surface area contributed by atoms with E-state index in [0.717, 1.165) is 4.88 Å². The third-order valence-electron chi connectivity index (χ3n) is 2.70. The fraction of sp³-hybridized carbons (Fsp3) is 0.143. The summed E-state index contributed by atoms with van der Waals surface area (Å²) in [7, 11) is 1.46. The van der Waals surface area contributed by atoms with Crippen LogP contribution in [0.4, 0.5) is 0 Å². The molecular formula is C14H12Br2N2O3S. The minimum atomic E-state index is -0.195. The monoisotopic (exact) mass is 446 g/mol. The van der Waals surface area contributed by atoms with E-state index in [4.69, 9.17) is 4.74 Å². The molecule has 0 aliphatic carbocycles. The Morgan fingerprint density at radius 2 is 2.27 bits per heavy atom. The van der Waals surface area contributed by atoms with Gasteiger partial charge in [-0.1, -0.05) is 6.07 Å². The van der Waals surface area contributed by atoms with Crippen molar-refractivity contribution in [1.82, 2.24) is 5.43 Å². The van der Waals surface area contributed by atoms with Gasteiger partial charge in [0.2, 0.25) is 5.91 Å². The lowest BCUT2D eigenvalue weighted by molar-refractivity contribution is -0.120. The van der Waals surface area contributed by atoms with E-state index in [-0.39, 0.29) is 11.7 Å². The standard InChI is InChI=1S/C14H12Br2N2O3S/c1-21-10-5-8(12(15)13(16)14(10)20)7-17-18-11(19)6-9-3-2-4-22-9/h2-5,7,20H,6H2,1H3,(H,18,19). The fourth-order valence-electron chi connectivity index (χ4n) is 1.65. The van der Waals surface area contributed by atoms with Gasteiger partial charge in [0, 0.05) is 14.9 Å². The lowest BCUT2D eigenvalue weighted by Crippen LogP contribution is -2.19. The number of ether oxygens (including phenoxy) is 1. The van der Waals surface area contributed by atoms with Crippen molar-refractivity contribution in [2.75, 3.05) is 7.11 Å². The van der Waals surface area contributed by atoms with E-state index in [9.17, 15) is 9.90 Å². The zero-order chi connectivity index (χ0) is 16.1. The number of phenolic OH excluding ortho intramolecular Hbond substituents is 1. The van der Waals surface area contributed by atoms with Crippen LogP contribution in [0.1, 0.15) is 10.4 Å². The van der Waals surface area contributed by atoms with Crippen molar-refractivity contribution in [2.45, 2.75) is 6.42 Å². The molecule has 2 rings (SSSR count). The van der Waals surface area contributed by atoms with Gasteiger partial charge in [-0.15, -0.1) is 11.3 Å². The van der Waals surface area contributed by atoms with Gasteiger partial charge in [-0.2, -0.15) is 5.10 Å². The molecule has 0 aliphatic heterocycles. The normalized spacial score (nSPS) is 10.9. The van der Waals surface area contributed by atoms with Gasteiger partial charge in [0.25, 0.3) is 0 Å². The molecule has 1 heterocycles. The van der Waals surface area contributed by atoms with Crippen LogP contribution in [0.5, 0.6) is 11.5 Å². The number of methoxy groups -OCH3 is 1. The van der Waals surface area contributed by atoms with E-state index >= 15 is 0 Å². The molecule has 1 amide bonds. The average molecular weight is 448 g/mol. The topological polar surface area (TPSA) is 70.9 Å². The Morgan fingerprint density at radius 1 is 1.50 bits per heavy atom. The van der Waals surface area contributed by atoms with Gasteiger partial charge >= 0.3 is 0 Å². The zero-order valence-electron chi connectivity index (χ0n) is 11.5. The highest BCUT2D eigenvalue weighted by molar-refractivity contribution is 9.13. The molecule has 0 radical (unpaired) electrons. The van der Waals surface area contributed by atoms with Crippen LogP contribution in [-0.2, 0) is 11.2 Å². The average Bonchev–Trinajstić information content (AvgIpc) is 3.00. The maximum absolute atomic E-state index is 11.7. The summed E-state index contributed by atoms with van der Waals surface area (Å²) in [6.07, 6.45) is 1.77. The Kier molecular flexibility index (Phi) is 5.98. The highest BCUT2D eigenvalue weighted by Gasteiger charge is 2.13. The first-order valence-corrected chi connectivity index (χ1v) is 8.58. The third-order valence-corrected chi connectivity index (χ3v) is 5.74. The number of amides is 1. The second-order valence-electron chi connectivity index (χ2n) is 4.19. The van der Waals surface area contributed by atoms with E-state index in [1.165, 1.54) is 24.7 Å². The van der Waals surface area contributed by atoms with E-state index in [1.54, 1.807) is 6.07 Å². The molecule has 0 aliphatic rings. The van der Waals surface area contributed by atoms with Crippen LogP contribution in [0.15, 0.2) is 37.6 Å². The number of hydrogen-bond acceptors (Lipinski definition) is 5. The van der Waals surface area contributed by atoms with Gasteiger partial charge in [0.05, 0.1) is 24.2 Å². The Hall–Kier alpha value is -1.38. The Morgan fingerprint density at radius 3 is 2.91 bits per heavy atom. The number of aromatic hydroxyl groups is 1. The first-order chi connectivity index (χ1) is 10.5. The van der Waals surface area contributed by atoms with Crippen molar-refractivity contribution in [1.29, 1.82) is 0 Å². The number of nitrogens with zero attached hydrogens (tertiary/aromatic N) is 1. The van der Waals surface area contributed by atoms with Gasteiger partial charge < -0.3 is 9.84 Å². The summed E-state index contributed by atoms with van der Waals surface area (Å²) in [4.78, 5) is 12.7. The second-order valence-corrected chi connectivity index (χ2v) is 6.81. The molecule has 0 unspecified atom stereocenters. The molecular weight excluding hydrogens is 436 g/mol. The summed E-state index contributed by atoms with van der Waals surface area (Å²) < 4.78 is 6.14. The lowest BCUT2D eigenvalue weighted by Gasteiger charge is -2.09.